The van der Waals surface area contributed by atoms with Gasteiger partial charge in [0.2, 0.25) is 0 Å². The summed E-state index contributed by atoms with van der Waals surface area (Å²) in [5, 5.41) is 12.2. The maximum atomic E-state index is 13.0. The van der Waals surface area contributed by atoms with Gasteiger partial charge in [-0.25, -0.2) is 0 Å². The summed E-state index contributed by atoms with van der Waals surface area (Å²) < 4.78 is 1.84. The number of aryl methyl sites for hydroxylation is 1. The maximum absolute atomic E-state index is 13.0. The molecule has 0 saturated carbocycles. The Morgan fingerprint density at radius 1 is 1.15 bits per heavy atom. The maximum Gasteiger partial charge on any atom is 0.272 e. The molecule has 2 aromatic rings. The number of hydrogen-bond donors (Lipinski definition) is 1. The van der Waals surface area contributed by atoms with Crippen LogP contribution in [-0.4, -0.2) is 43.9 Å². The van der Waals surface area contributed by atoms with Crippen LogP contribution >= 0.6 is 0 Å². The van der Waals surface area contributed by atoms with E-state index in [1.165, 1.54) is 5.69 Å². The number of nitrogens with one attached hydrogen (secondary N) is 1. The van der Waals surface area contributed by atoms with E-state index in [-0.39, 0.29) is 5.91 Å². The summed E-state index contributed by atoms with van der Waals surface area (Å²) in [5.41, 5.74) is 4.04. The second-order valence-corrected chi connectivity index (χ2v) is 7.89. The lowest BCUT2D eigenvalue weighted by atomic mass is 9.92. The number of rotatable bonds is 5. The van der Waals surface area contributed by atoms with Crippen LogP contribution in [0.2, 0.25) is 0 Å². The van der Waals surface area contributed by atoms with Crippen LogP contribution in [0, 0.1) is 0 Å². The molecule has 0 aromatic carbocycles. The van der Waals surface area contributed by atoms with Crippen molar-refractivity contribution >= 4 is 5.91 Å². The highest BCUT2D eigenvalue weighted by Gasteiger charge is 2.28. The summed E-state index contributed by atoms with van der Waals surface area (Å²) in [6.45, 7) is 12.8. The van der Waals surface area contributed by atoms with Gasteiger partial charge in [0.25, 0.3) is 5.91 Å². The third-order valence-electron chi connectivity index (χ3n) is 5.34. The summed E-state index contributed by atoms with van der Waals surface area (Å²) in [6, 6.07) is 4.15. The molecule has 26 heavy (non-hydrogen) atoms. The first-order valence-electron chi connectivity index (χ1n) is 9.82. The molecule has 0 unspecified atom stereocenters. The zero-order valence-electron chi connectivity index (χ0n) is 16.6. The van der Waals surface area contributed by atoms with E-state index in [4.69, 9.17) is 0 Å². The average Bonchev–Trinajstić information content (AvgIpc) is 3.28. The monoisotopic (exact) mass is 357 g/mol. The molecule has 142 valence electrons. The molecule has 0 radical (unpaired) electrons. The lowest BCUT2D eigenvalue weighted by molar-refractivity contribution is 0.0699. The van der Waals surface area contributed by atoms with E-state index in [1.807, 2.05) is 22.6 Å². The first-order valence-corrected chi connectivity index (χ1v) is 9.82. The van der Waals surface area contributed by atoms with Crippen LogP contribution in [0.1, 0.15) is 92.8 Å². The van der Waals surface area contributed by atoms with Crippen LogP contribution in [0.4, 0.5) is 0 Å². The molecule has 1 N–H and O–H groups in total. The Kier molecular flexibility index (Phi) is 5.49. The number of carbonyl (C=O) groups is 1. The van der Waals surface area contributed by atoms with Gasteiger partial charge in [-0.15, -0.1) is 0 Å². The number of likely N-dealkylation sites (tertiary alicyclic amines) is 1. The molecule has 6 heteroatoms. The first-order chi connectivity index (χ1) is 12.4. The topological polar surface area (TPSA) is 66.8 Å². The molecular formula is C20H31N5O. The smallest absolute Gasteiger partial charge is 0.272 e. The number of hydrogen-bond acceptors (Lipinski definition) is 3. The van der Waals surface area contributed by atoms with Crippen molar-refractivity contribution in [3.05, 3.63) is 34.9 Å². The number of nitrogens with zero attached hydrogens (tertiary/aromatic N) is 4. The summed E-state index contributed by atoms with van der Waals surface area (Å²) in [7, 11) is 0. The minimum absolute atomic E-state index is 0.109. The molecule has 1 fully saturated rings. The standard InChI is InChI=1S/C20H31N5O/c1-6-25-19(12-17(23-25)14(4)5)20(26)24-9-7-15(8-10-24)18-11-16(13(2)3)21-22-18/h11-15H,6-10H2,1-5H3,(H,21,22). The molecule has 0 aliphatic carbocycles. The SMILES string of the molecule is CCn1nc(C(C)C)cc1C(=O)N1CCC(c2cc(C(C)C)n[nH]2)CC1. The van der Waals surface area contributed by atoms with Gasteiger partial charge in [0.1, 0.15) is 5.69 Å². The molecule has 1 aliphatic rings. The number of aromatic nitrogens is 4. The number of carbonyl (C=O) groups excluding carboxylic acids is 1. The number of H-pyrrole nitrogens is 1. The van der Waals surface area contributed by atoms with Gasteiger partial charge in [-0.1, -0.05) is 27.7 Å². The predicted molar refractivity (Wildman–Crippen MR) is 103 cm³/mol. The quantitative estimate of drug-likeness (QED) is 0.883. The van der Waals surface area contributed by atoms with Crippen LogP contribution in [0.25, 0.3) is 0 Å². The Hall–Kier alpha value is -2.11. The van der Waals surface area contributed by atoms with Crippen molar-refractivity contribution in [2.45, 2.75) is 71.8 Å². The summed E-state index contributed by atoms with van der Waals surface area (Å²) in [4.78, 5) is 15.0. The fraction of sp³-hybridized carbons (Fsp3) is 0.650. The van der Waals surface area contributed by atoms with Gasteiger partial charge in [0, 0.05) is 31.2 Å². The molecule has 0 atom stereocenters. The van der Waals surface area contributed by atoms with E-state index in [1.54, 1.807) is 0 Å². The molecule has 1 aliphatic heterocycles. The van der Waals surface area contributed by atoms with Crippen molar-refractivity contribution in [2.24, 2.45) is 0 Å². The molecule has 2 aromatic heterocycles. The zero-order valence-corrected chi connectivity index (χ0v) is 16.6. The van der Waals surface area contributed by atoms with Gasteiger partial charge in [-0.2, -0.15) is 10.2 Å². The molecule has 1 amide bonds. The molecular weight excluding hydrogens is 326 g/mol. The number of amides is 1. The Morgan fingerprint density at radius 3 is 2.35 bits per heavy atom. The third kappa shape index (κ3) is 3.69. The minimum atomic E-state index is 0.109. The van der Waals surface area contributed by atoms with Gasteiger partial charge >= 0.3 is 0 Å². The molecule has 3 rings (SSSR count). The van der Waals surface area contributed by atoms with Gasteiger partial charge < -0.3 is 4.90 Å². The van der Waals surface area contributed by atoms with Crippen molar-refractivity contribution in [1.82, 2.24) is 24.9 Å². The van der Waals surface area contributed by atoms with Crippen LogP contribution in [-0.2, 0) is 6.54 Å². The van der Waals surface area contributed by atoms with Gasteiger partial charge in [-0.05, 0) is 43.7 Å². The molecule has 3 heterocycles. The number of aromatic amines is 1. The van der Waals surface area contributed by atoms with E-state index in [0.717, 1.165) is 49.6 Å². The van der Waals surface area contributed by atoms with E-state index in [2.05, 4.69) is 49.1 Å². The Bertz CT molecular complexity index is 750. The lowest BCUT2D eigenvalue weighted by Gasteiger charge is -2.31. The highest BCUT2D eigenvalue weighted by molar-refractivity contribution is 5.92. The van der Waals surface area contributed by atoms with Crippen LogP contribution in [0.5, 0.6) is 0 Å². The summed E-state index contributed by atoms with van der Waals surface area (Å²) in [6.07, 6.45) is 1.95. The Morgan fingerprint density at radius 2 is 1.81 bits per heavy atom. The van der Waals surface area contributed by atoms with Gasteiger partial charge in [-0.3, -0.25) is 14.6 Å². The van der Waals surface area contributed by atoms with Crippen molar-refractivity contribution < 1.29 is 4.79 Å². The molecule has 0 spiro atoms. The fourth-order valence-corrected chi connectivity index (χ4v) is 3.55. The van der Waals surface area contributed by atoms with E-state index in [0.29, 0.717) is 17.8 Å². The van der Waals surface area contributed by atoms with Gasteiger partial charge in [0.05, 0.1) is 11.4 Å². The van der Waals surface area contributed by atoms with Crippen LogP contribution in [0.15, 0.2) is 12.1 Å². The van der Waals surface area contributed by atoms with E-state index in [9.17, 15) is 4.79 Å². The lowest BCUT2D eigenvalue weighted by Crippen LogP contribution is -2.39. The van der Waals surface area contributed by atoms with Crippen molar-refractivity contribution in [1.29, 1.82) is 0 Å². The van der Waals surface area contributed by atoms with Gasteiger partial charge in [0.15, 0.2) is 0 Å². The number of piperidine rings is 1. The van der Waals surface area contributed by atoms with E-state index < -0.39 is 0 Å². The van der Waals surface area contributed by atoms with E-state index >= 15 is 0 Å². The normalized spacial score (nSPS) is 16.0. The second kappa shape index (κ2) is 7.64. The summed E-state index contributed by atoms with van der Waals surface area (Å²) in [5.74, 6) is 1.33. The highest BCUT2D eigenvalue weighted by Crippen LogP contribution is 2.29. The molecule has 6 nitrogen and oxygen atoms in total. The van der Waals surface area contributed by atoms with Crippen LogP contribution < -0.4 is 0 Å². The molecule has 1 saturated heterocycles. The van der Waals surface area contributed by atoms with Crippen molar-refractivity contribution in [3.63, 3.8) is 0 Å². The second-order valence-electron chi connectivity index (χ2n) is 7.89. The van der Waals surface area contributed by atoms with Crippen LogP contribution in [0.3, 0.4) is 0 Å². The minimum Gasteiger partial charge on any atom is -0.337 e. The van der Waals surface area contributed by atoms with Crippen molar-refractivity contribution in [2.75, 3.05) is 13.1 Å². The average molecular weight is 358 g/mol. The largest absolute Gasteiger partial charge is 0.337 e. The third-order valence-corrected chi connectivity index (χ3v) is 5.34. The fourth-order valence-electron chi connectivity index (χ4n) is 3.55. The molecule has 0 bridgehead atoms. The predicted octanol–water partition coefficient (Wildman–Crippen LogP) is 3.89. The Balaban J connectivity index is 1.66. The highest BCUT2D eigenvalue weighted by atomic mass is 16.2. The zero-order chi connectivity index (χ0) is 18.8. The Labute approximate surface area is 156 Å². The van der Waals surface area contributed by atoms with Crippen molar-refractivity contribution in [3.8, 4) is 0 Å². The first kappa shape index (κ1) is 18.7. The summed E-state index contributed by atoms with van der Waals surface area (Å²) >= 11 is 0.